The number of aromatic nitrogens is 1. The van der Waals surface area contributed by atoms with Crippen molar-refractivity contribution >= 4 is 11.7 Å². The van der Waals surface area contributed by atoms with Crippen LogP contribution in [0.5, 0.6) is 17.2 Å². The van der Waals surface area contributed by atoms with Crippen LogP contribution in [0.1, 0.15) is 20.3 Å². The second kappa shape index (κ2) is 11.4. The summed E-state index contributed by atoms with van der Waals surface area (Å²) in [6.07, 6.45) is 2.59. The number of nitrogens with one attached hydrogen (secondary N) is 1. The van der Waals surface area contributed by atoms with Gasteiger partial charge in [-0.15, -0.1) is 0 Å². The van der Waals surface area contributed by atoms with Crippen molar-refractivity contribution in [2.24, 2.45) is 5.92 Å². The van der Waals surface area contributed by atoms with Gasteiger partial charge in [0.1, 0.15) is 0 Å². The number of carbonyl (C=O) groups is 1. The monoisotopic (exact) mass is 469 g/mol. The summed E-state index contributed by atoms with van der Waals surface area (Å²) in [5.41, 5.74) is 2.78. The molecule has 3 aromatic rings. The van der Waals surface area contributed by atoms with Crippen LogP contribution in [0.25, 0.3) is 22.5 Å². The zero-order valence-electron chi connectivity index (χ0n) is 20.4. The molecule has 9 nitrogen and oxygen atoms in total. The van der Waals surface area contributed by atoms with Crippen molar-refractivity contribution in [1.82, 2.24) is 10.5 Å². The number of hydrogen-bond donors (Lipinski definition) is 1. The third-order valence-electron chi connectivity index (χ3n) is 5.55. The fourth-order valence-corrected chi connectivity index (χ4v) is 3.45. The Balaban J connectivity index is 1.97. The Bertz CT molecular complexity index is 1090. The van der Waals surface area contributed by atoms with E-state index in [0.29, 0.717) is 46.7 Å². The van der Waals surface area contributed by atoms with E-state index in [9.17, 15) is 4.79 Å². The van der Waals surface area contributed by atoms with Gasteiger partial charge in [0.2, 0.25) is 5.75 Å². The fraction of sp³-hybridized carbons (Fsp3) is 0.360. The molecule has 0 spiro atoms. The number of hydrogen-bond acceptors (Lipinski definition) is 7. The molecule has 0 bridgehead atoms. The summed E-state index contributed by atoms with van der Waals surface area (Å²) in [5.74, 6) is 2.36. The van der Waals surface area contributed by atoms with Crippen LogP contribution < -0.4 is 24.6 Å². The summed E-state index contributed by atoms with van der Waals surface area (Å²) in [6.45, 7) is 4.72. The Morgan fingerprint density at radius 1 is 1.06 bits per heavy atom. The Kier molecular flexibility index (Phi) is 8.37. The van der Waals surface area contributed by atoms with E-state index < -0.39 is 0 Å². The average Bonchev–Trinajstić information content (AvgIpc) is 3.37. The molecule has 0 fully saturated rings. The first kappa shape index (κ1) is 24.9. The summed E-state index contributed by atoms with van der Waals surface area (Å²) < 4.78 is 21.9. The molecule has 2 amide bonds. The molecule has 1 N–H and O–H groups in total. The van der Waals surface area contributed by atoms with Crippen molar-refractivity contribution < 1.29 is 28.4 Å². The molecule has 1 atom stereocenters. The largest absolute Gasteiger partial charge is 0.493 e. The minimum Gasteiger partial charge on any atom is -0.493 e. The Morgan fingerprint density at radius 3 is 2.35 bits per heavy atom. The molecular weight excluding hydrogens is 438 g/mol. The van der Waals surface area contributed by atoms with Gasteiger partial charge < -0.3 is 24.1 Å². The number of hydroxylamine groups is 1. The maximum absolute atomic E-state index is 12.7. The molecule has 1 heterocycles. The smallest absolute Gasteiger partial charge is 0.346 e. The van der Waals surface area contributed by atoms with Gasteiger partial charge in [-0.3, -0.25) is 4.84 Å². The molecule has 0 radical (unpaired) electrons. The molecule has 34 heavy (non-hydrogen) atoms. The standard InChI is InChI=1S/C25H31N3O6/c1-7-16(2)14-26-25(29)28(33-6)19-10-8-9-17(11-19)20-15-27-34-23(20)18-12-21(30-3)24(32-5)22(13-18)31-4/h8-13,15-16H,7,14H2,1-6H3,(H,26,29). The summed E-state index contributed by atoms with van der Waals surface area (Å²) in [5, 5.41) is 8.13. The molecule has 2 aromatic carbocycles. The number of ether oxygens (including phenoxy) is 3. The van der Waals surface area contributed by atoms with Crippen LogP contribution in [0.3, 0.4) is 0 Å². The van der Waals surface area contributed by atoms with E-state index in [4.69, 9.17) is 23.6 Å². The predicted octanol–water partition coefficient (Wildman–Crippen LogP) is 5.16. The molecule has 0 saturated heterocycles. The predicted molar refractivity (Wildman–Crippen MR) is 129 cm³/mol. The first-order chi connectivity index (χ1) is 16.5. The maximum Gasteiger partial charge on any atom is 0.346 e. The zero-order chi connectivity index (χ0) is 24.7. The Labute approximate surface area is 199 Å². The molecule has 0 aliphatic carbocycles. The van der Waals surface area contributed by atoms with Crippen LogP contribution in [-0.4, -0.2) is 46.2 Å². The van der Waals surface area contributed by atoms with Crippen LogP contribution in [-0.2, 0) is 4.84 Å². The third kappa shape index (κ3) is 5.26. The Hall–Kier alpha value is -3.72. The van der Waals surface area contributed by atoms with Crippen LogP contribution in [0.4, 0.5) is 10.5 Å². The van der Waals surface area contributed by atoms with Crippen LogP contribution in [0, 0.1) is 5.92 Å². The van der Waals surface area contributed by atoms with Gasteiger partial charge in [-0.05, 0) is 35.7 Å². The molecule has 0 saturated carbocycles. The highest BCUT2D eigenvalue weighted by Gasteiger charge is 2.21. The molecule has 1 unspecified atom stereocenters. The quantitative estimate of drug-likeness (QED) is 0.410. The topological polar surface area (TPSA) is 95.3 Å². The maximum atomic E-state index is 12.7. The third-order valence-corrected chi connectivity index (χ3v) is 5.55. The first-order valence-corrected chi connectivity index (χ1v) is 10.9. The van der Waals surface area contributed by atoms with Crippen molar-refractivity contribution in [3.05, 3.63) is 42.6 Å². The summed E-state index contributed by atoms with van der Waals surface area (Å²) in [4.78, 5) is 18.1. The van der Waals surface area contributed by atoms with E-state index in [0.717, 1.165) is 17.5 Å². The molecule has 1 aromatic heterocycles. The van der Waals surface area contributed by atoms with E-state index >= 15 is 0 Å². The van der Waals surface area contributed by atoms with Gasteiger partial charge in [0.05, 0.1) is 40.3 Å². The van der Waals surface area contributed by atoms with Crippen molar-refractivity contribution in [1.29, 1.82) is 0 Å². The summed E-state index contributed by atoms with van der Waals surface area (Å²) in [7, 11) is 6.11. The van der Waals surface area contributed by atoms with Gasteiger partial charge in [-0.1, -0.05) is 37.6 Å². The highest BCUT2D eigenvalue weighted by molar-refractivity contribution is 5.91. The molecule has 3 rings (SSSR count). The number of methoxy groups -OCH3 is 3. The van der Waals surface area contributed by atoms with E-state index in [1.165, 1.54) is 12.2 Å². The van der Waals surface area contributed by atoms with Crippen molar-refractivity contribution in [3.8, 4) is 39.7 Å². The summed E-state index contributed by atoms with van der Waals surface area (Å²) in [6, 6.07) is 10.6. The molecular formula is C25H31N3O6. The number of rotatable bonds is 10. The minimum atomic E-state index is -0.338. The number of anilines is 1. The highest BCUT2D eigenvalue weighted by Crippen LogP contribution is 2.43. The highest BCUT2D eigenvalue weighted by atomic mass is 16.7. The second-order valence-corrected chi connectivity index (χ2v) is 7.71. The van der Waals surface area contributed by atoms with Gasteiger partial charge in [-0.25, -0.2) is 4.79 Å². The van der Waals surface area contributed by atoms with E-state index in [1.54, 1.807) is 45.7 Å². The van der Waals surface area contributed by atoms with Crippen LogP contribution >= 0.6 is 0 Å². The number of carbonyl (C=O) groups excluding carboxylic acids is 1. The summed E-state index contributed by atoms with van der Waals surface area (Å²) >= 11 is 0. The van der Waals surface area contributed by atoms with Crippen molar-refractivity contribution in [2.45, 2.75) is 20.3 Å². The number of amides is 2. The van der Waals surface area contributed by atoms with Gasteiger partial charge in [-0.2, -0.15) is 5.06 Å². The number of nitrogens with zero attached hydrogens (tertiary/aromatic N) is 2. The van der Waals surface area contributed by atoms with Crippen LogP contribution in [0.2, 0.25) is 0 Å². The minimum absolute atomic E-state index is 0.338. The van der Waals surface area contributed by atoms with Gasteiger partial charge >= 0.3 is 6.03 Å². The molecule has 0 aliphatic heterocycles. The lowest BCUT2D eigenvalue weighted by Crippen LogP contribution is -2.41. The van der Waals surface area contributed by atoms with E-state index in [-0.39, 0.29) is 6.03 Å². The number of benzene rings is 2. The van der Waals surface area contributed by atoms with Gasteiger partial charge in [0.15, 0.2) is 17.3 Å². The molecule has 182 valence electrons. The SMILES string of the molecule is CCC(C)CNC(=O)N(OC)c1cccc(-c2cnoc2-c2cc(OC)c(OC)c(OC)c2)c1. The lowest BCUT2D eigenvalue weighted by molar-refractivity contribution is 0.162. The molecule has 9 heteroatoms. The van der Waals surface area contributed by atoms with Crippen molar-refractivity contribution in [2.75, 3.05) is 40.0 Å². The van der Waals surface area contributed by atoms with Crippen molar-refractivity contribution in [3.63, 3.8) is 0 Å². The zero-order valence-corrected chi connectivity index (χ0v) is 20.4. The fourth-order valence-electron chi connectivity index (χ4n) is 3.45. The number of urea groups is 1. The average molecular weight is 470 g/mol. The lowest BCUT2D eigenvalue weighted by Gasteiger charge is -2.21. The van der Waals surface area contributed by atoms with E-state index in [1.807, 2.05) is 18.2 Å². The first-order valence-electron chi connectivity index (χ1n) is 10.9. The van der Waals surface area contributed by atoms with Crippen LogP contribution in [0.15, 0.2) is 47.1 Å². The lowest BCUT2D eigenvalue weighted by atomic mass is 10.0. The van der Waals surface area contributed by atoms with E-state index in [2.05, 4.69) is 24.3 Å². The Morgan fingerprint density at radius 2 is 1.76 bits per heavy atom. The molecule has 0 aliphatic rings. The van der Waals surface area contributed by atoms with Gasteiger partial charge in [0, 0.05) is 17.7 Å². The van der Waals surface area contributed by atoms with Gasteiger partial charge in [0.25, 0.3) is 0 Å². The normalized spacial score (nSPS) is 11.6. The second-order valence-electron chi connectivity index (χ2n) is 7.71.